The summed E-state index contributed by atoms with van der Waals surface area (Å²) in [5.41, 5.74) is 1.09. The minimum absolute atomic E-state index is 0.0575. The third-order valence-corrected chi connectivity index (χ3v) is 5.00. The zero-order valence-electron chi connectivity index (χ0n) is 13.2. The molecule has 0 radical (unpaired) electrons. The molecule has 0 spiro atoms. The molecular formula is C17H19N3O3S. The summed E-state index contributed by atoms with van der Waals surface area (Å²) in [4.78, 5) is 18.6. The number of benzene rings is 1. The molecule has 3 heterocycles. The van der Waals surface area contributed by atoms with Gasteiger partial charge in [0.2, 0.25) is 0 Å². The van der Waals surface area contributed by atoms with Crippen molar-refractivity contribution >= 4 is 22.5 Å². The minimum Gasteiger partial charge on any atom is -0.490 e. The Hall–Kier alpha value is -2.28. The Morgan fingerprint density at radius 3 is 2.96 bits per heavy atom. The Morgan fingerprint density at radius 2 is 2.12 bits per heavy atom. The van der Waals surface area contributed by atoms with E-state index in [1.54, 1.807) is 6.20 Å². The van der Waals surface area contributed by atoms with E-state index in [1.807, 2.05) is 28.5 Å². The van der Waals surface area contributed by atoms with Gasteiger partial charge in [0.25, 0.3) is 0 Å². The fourth-order valence-electron chi connectivity index (χ4n) is 3.19. The molecule has 0 saturated carbocycles. The molecule has 2 amide bonds. The number of amides is 2. The van der Waals surface area contributed by atoms with Crippen LogP contribution in [0.2, 0.25) is 0 Å². The molecule has 6 nitrogen and oxygen atoms in total. The molecule has 1 N–H and O–H groups in total. The quantitative estimate of drug-likeness (QED) is 0.902. The van der Waals surface area contributed by atoms with E-state index in [0.29, 0.717) is 18.3 Å². The van der Waals surface area contributed by atoms with Gasteiger partial charge in [-0.1, -0.05) is 6.07 Å². The Kier molecular flexibility index (Phi) is 4.25. The van der Waals surface area contributed by atoms with Crippen molar-refractivity contribution in [2.24, 2.45) is 0 Å². The number of carbonyl (C=O) groups excluding carboxylic acids is 1. The van der Waals surface area contributed by atoms with E-state index in [-0.39, 0.29) is 12.1 Å². The first-order valence-electron chi connectivity index (χ1n) is 8.18. The SMILES string of the molecule is O=C(Nc1nccs1)N1CCCC1c1ccc2c(c1)OCCCO2. The van der Waals surface area contributed by atoms with Crippen LogP contribution in [0.3, 0.4) is 0 Å². The molecule has 1 aromatic carbocycles. The molecule has 0 aliphatic carbocycles. The van der Waals surface area contributed by atoms with Crippen LogP contribution in [0.5, 0.6) is 11.5 Å². The average molecular weight is 345 g/mol. The number of ether oxygens (including phenoxy) is 2. The van der Waals surface area contributed by atoms with Gasteiger partial charge in [0, 0.05) is 24.5 Å². The lowest BCUT2D eigenvalue weighted by molar-refractivity contribution is 0.207. The Balaban J connectivity index is 1.54. The molecule has 7 heteroatoms. The van der Waals surface area contributed by atoms with Crippen LogP contribution in [0.15, 0.2) is 29.8 Å². The van der Waals surface area contributed by atoms with Gasteiger partial charge in [-0.25, -0.2) is 9.78 Å². The van der Waals surface area contributed by atoms with Gasteiger partial charge in [0.15, 0.2) is 16.6 Å². The second-order valence-electron chi connectivity index (χ2n) is 5.88. The first kappa shape index (κ1) is 15.3. The molecule has 2 aromatic rings. The van der Waals surface area contributed by atoms with Crippen molar-refractivity contribution in [1.82, 2.24) is 9.88 Å². The minimum atomic E-state index is -0.0976. The molecule has 24 heavy (non-hydrogen) atoms. The molecule has 2 aliphatic rings. The van der Waals surface area contributed by atoms with Gasteiger partial charge in [-0.2, -0.15) is 0 Å². The highest BCUT2D eigenvalue weighted by atomic mass is 32.1. The van der Waals surface area contributed by atoms with Gasteiger partial charge in [0.05, 0.1) is 19.3 Å². The number of urea groups is 1. The first-order valence-corrected chi connectivity index (χ1v) is 9.06. The largest absolute Gasteiger partial charge is 0.490 e. The number of hydrogen-bond acceptors (Lipinski definition) is 5. The lowest BCUT2D eigenvalue weighted by atomic mass is 10.0. The average Bonchev–Trinajstić information content (AvgIpc) is 3.22. The van der Waals surface area contributed by atoms with Gasteiger partial charge in [-0.05, 0) is 30.5 Å². The molecule has 1 saturated heterocycles. The number of anilines is 1. The molecule has 1 fully saturated rings. The summed E-state index contributed by atoms with van der Waals surface area (Å²) in [7, 11) is 0. The third-order valence-electron chi connectivity index (χ3n) is 4.32. The monoisotopic (exact) mass is 345 g/mol. The maximum Gasteiger partial charge on any atom is 0.324 e. The normalized spacial score (nSPS) is 19.8. The molecule has 4 rings (SSSR count). The molecule has 126 valence electrons. The third kappa shape index (κ3) is 3.03. The molecule has 2 aliphatic heterocycles. The summed E-state index contributed by atoms with van der Waals surface area (Å²) in [6.07, 6.45) is 4.51. The molecule has 1 unspecified atom stereocenters. The van der Waals surface area contributed by atoms with Crippen molar-refractivity contribution in [3.63, 3.8) is 0 Å². The second-order valence-corrected chi connectivity index (χ2v) is 6.77. The number of carbonyl (C=O) groups is 1. The number of fused-ring (bicyclic) bond motifs is 1. The summed E-state index contributed by atoms with van der Waals surface area (Å²) in [5, 5.41) is 5.35. The van der Waals surface area contributed by atoms with Crippen LogP contribution < -0.4 is 14.8 Å². The number of likely N-dealkylation sites (tertiary alicyclic amines) is 1. The standard InChI is InChI=1S/C17H19N3O3S/c21-17(19-16-18-6-10-24-16)20-7-1-3-13(20)12-4-5-14-15(11-12)23-9-2-8-22-14/h4-6,10-11,13H,1-3,7-9H2,(H,18,19,21). The van der Waals surface area contributed by atoms with Crippen molar-refractivity contribution < 1.29 is 14.3 Å². The molecule has 1 atom stereocenters. The number of thiazole rings is 1. The van der Waals surface area contributed by atoms with E-state index in [2.05, 4.69) is 10.3 Å². The molecule has 0 bridgehead atoms. The van der Waals surface area contributed by atoms with E-state index >= 15 is 0 Å². The van der Waals surface area contributed by atoms with Gasteiger partial charge in [-0.3, -0.25) is 5.32 Å². The summed E-state index contributed by atoms with van der Waals surface area (Å²) in [6.45, 7) is 2.09. The van der Waals surface area contributed by atoms with Crippen LogP contribution in [0.1, 0.15) is 30.9 Å². The maximum absolute atomic E-state index is 12.6. The highest BCUT2D eigenvalue weighted by molar-refractivity contribution is 7.13. The van der Waals surface area contributed by atoms with E-state index in [0.717, 1.165) is 42.9 Å². The van der Waals surface area contributed by atoms with Crippen molar-refractivity contribution in [2.45, 2.75) is 25.3 Å². The highest BCUT2D eigenvalue weighted by Gasteiger charge is 2.31. The summed E-state index contributed by atoms with van der Waals surface area (Å²) in [6, 6.07) is 5.96. The highest BCUT2D eigenvalue weighted by Crippen LogP contribution is 2.38. The first-order chi connectivity index (χ1) is 11.8. The van der Waals surface area contributed by atoms with Gasteiger partial charge in [0.1, 0.15) is 0 Å². The van der Waals surface area contributed by atoms with Crippen molar-refractivity contribution in [1.29, 1.82) is 0 Å². The predicted octanol–water partition coefficient (Wildman–Crippen LogP) is 3.67. The van der Waals surface area contributed by atoms with Gasteiger partial charge in [-0.15, -0.1) is 11.3 Å². The van der Waals surface area contributed by atoms with Crippen LogP contribution in [0.4, 0.5) is 9.93 Å². The Morgan fingerprint density at radius 1 is 1.25 bits per heavy atom. The zero-order valence-corrected chi connectivity index (χ0v) is 14.1. The van der Waals surface area contributed by atoms with Gasteiger partial charge < -0.3 is 14.4 Å². The van der Waals surface area contributed by atoms with E-state index < -0.39 is 0 Å². The van der Waals surface area contributed by atoms with Crippen molar-refractivity contribution in [3.05, 3.63) is 35.3 Å². The number of rotatable bonds is 2. The second kappa shape index (κ2) is 6.68. The maximum atomic E-state index is 12.6. The summed E-state index contributed by atoms with van der Waals surface area (Å²) >= 11 is 1.42. The van der Waals surface area contributed by atoms with E-state index in [9.17, 15) is 4.79 Å². The van der Waals surface area contributed by atoms with Crippen molar-refractivity contribution in [3.8, 4) is 11.5 Å². The van der Waals surface area contributed by atoms with Crippen LogP contribution >= 0.6 is 11.3 Å². The van der Waals surface area contributed by atoms with E-state index in [4.69, 9.17) is 9.47 Å². The Labute approximate surface area is 144 Å². The Bertz CT molecular complexity index is 720. The molecular weight excluding hydrogens is 326 g/mol. The van der Waals surface area contributed by atoms with Crippen LogP contribution in [-0.2, 0) is 0 Å². The van der Waals surface area contributed by atoms with Gasteiger partial charge >= 0.3 is 6.03 Å². The fourth-order valence-corrected chi connectivity index (χ4v) is 3.71. The lowest BCUT2D eigenvalue weighted by Crippen LogP contribution is -2.34. The number of nitrogens with one attached hydrogen (secondary N) is 1. The molecule has 1 aromatic heterocycles. The number of nitrogens with zero attached hydrogens (tertiary/aromatic N) is 2. The fraction of sp³-hybridized carbons (Fsp3) is 0.412. The smallest absolute Gasteiger partial charge is 0.324 e. The topological polar surface area (TPSA) is 63.7 Å². The number of hydrogen-bond donors (Lipinski definition) is 1. The zero-order chi connectivity index (χ0) is 16.4. The summed E-state index contributed by atoms with van der Waals surface area (Å²) in [5.74, 6) is 1.56. The van der Waals surface area contributed by atoms with Crippen LogP contribution in [0.25, 0.3) is 0 Å². The van der Waals surface area contributed by atoms with Crippen LogP contribution in [-0.4, -0.2) is 35.7 Å². The van der Waals surface area contributed by atoms with Crippen molar-refractivity contribution in [2.75, 3.05) is 25.1 Å². The predicted molar refractivity (Wildman–Crippen MR) is 91.9 cm³/mol. The lowest BCUT2D eigenvalue weighted by Gasteiger charge is -2.25. The summed E-state index contributed by atoms with van der Waals surface area (Å²) < 4.78 is 11.5. The number of aromatic nitrogens is 1. The van der Waals surface area contributed by atoms with E-state index in [1.165, 1.54) is 11.3 Å². The van der Waals surface area contributed by atoms with Crippen LogP contribution in [0, 0.1) is 0 Å².